The maximum atomic E-state index is 13.2. The summed E-state index contributed by atoms with van der Waals surface area (Å²) in [6.45, 7) is 4.05. The van der Waals surface area contributed by atoms with Gasteiger partial charge in [0.25, 0.3) is 5.91 Å². The van der Waals surface area contributed by atoms with E-state index in [1.165, 1.54) is 0 Å². The van der Waals surface area contributed by atoms with E-state index in [2.05, 4.69) is 4.98 Å². The number of amides is 1. The van der Waals surface area contributed by atoms with Gasteiger partial charge in [-0.15, -0.1) is 0 Å². The fourth-order valence-electron chi connectivity index (χ4n) is 3.46. The standard InChI is InChI=1S/C25H28N2O5/c1-17-9-8-10-18(2)24(17)32-16-23(28)27(22-11-6-7-12-26-22)15-19-13-20(29-3)25(31-5)21(14-19)30-4/h6-14H,15-16H2,1-5H3. The zero-order chi connectivity index (χ0) is 23.1. The molecule has 0 saturated carbocycles. The number of ether oxygens (including phenoxy) is 4. The number of anilines is 1. The monoisotopic (exact) mass is 436 g/mol. The van der Waals surface area contributed by atoms with Gasteiger partial charge >= 0.3 is 0 Å². The molecule has 0 bridgehead atoms. The second-order valence-corrected chi connectivity index (χ2v) is 7.21. The van der Waals surface area contributed by atoms with Gasteiger partial charge in [-0.25, -0.2) is 4.98 Å². The molecule has 3 aromatic rings. The molecule has 0 spiro atoms. The summed E-state index contributed by atoms with van der Waals surface area (Å²) >= 11 is 0. The van der Waals surface area contributed by atoms with Crippen LogP contribution in [0.25, 0.3) is 0 Å². The van der Waals surface area contributed by atoms with E-state index < -0.39 is 0 Å². The van der Waals surface area contributed by atoms with Crippen molar-refractivity contribution in [3.05, 3.63) is 71.4 Å². The highest BCUT2D eigenvalue weighted by molar-refractivity contribution is 5.93. The molecule has 0 aliphatic heterocycles. The maximum Gasteiger partial charge on any atom is 0.266 e. The van der Waals surface area contributed by atoms with Crippen LogP contribution in [0, 0.1) is 13.8 Å². The molecule has 0 N–H and O–H groups in total. The van der Waals surface area contributed by atoms with E-state index in [1.807, 2.05) is 50.2 Å². The summed E-state index contributed by atoms with van der Waals surface area (Å²) in [6.07, 6.45) is 1.65. The lowest BCUT2D eigenvalue weighted by Crippen LogP contribution is -2.35. The summed E-state index contributed by atoms with van der Waals surface area (Å²) in [5, 5.41) is 0. The van der Waals surface area contributed by atoms with Crippen molar-refractivity contribution in [3.63, 3.8) is 0 Å². The van der Waals surface area contributed by atoms with Gasteiger partial charge in [0.1, 0.15) is 11.6 Å². The molecule has 0 radical (unpaired) electrons. The van der Waals surface area contributed by atoms with Crippen LogP contribution in [-0.2, 0) is 11.3 Å². The minimum atomic E-state index is -0.222. The van der Waals surface area contributed by atoms with Gasteiger partial charge in [-0.05, 0) is 54.8 Å². The van der Waals surface area contributed by atoms with Crippen molar-refractivity contribution in [1.82, 2.24) is 4.98 Å². The Labute approximate surface area is 188 Å². The normalized spacial score (nSPS) is 10.4. The molecular formula is C25H28N2O5. The largest absolute Gasteiger partial charge is 0.493 e. The van der Waals surface area contributed by atoms with Crippen LogP contribution in [0.3, 0.4) is 0 Å². The number of aromatic nitrogens is 1. The second-order valence-electron chi connectivity index (χ2n) is 7.21. The molecule has 0 unspecified atom stereocenters. The first-order valence-electron chi connectivity index (χ1n) is 10.2. The molecule has 0 saturated heterocycles. The third-order valence-electron chi connectivity index (χ3n) is 5.04. The molecule has 1 amide bonds. The van der Waals surface area contributed by atoms with Crippen LogP contribution in [0.15, 0.2) is 54.7 Å². The SMILES string of the molecule is COc1cc(CN(C(=O)COc2c(C)cccc2C)c2ccccn2)cc(OC)c1OC. The highest BCUT2D eigenvalue weighted by Gasteiger charge is 2.21. The molecule has 7 heteroatoms. The van der Waals surface area contributed by atoms with Crippen LogP contribution in [-0.4, -0.2) is 38.8 Å². The predicted molar refractivity (Wildman–Crippen MR) is 123 cm³/mol. The van der Waals surface area contributed by atoms with Gasteiger partial charge in [0.05, 0.1) is 27.9 Å². The van der Waals surface area contributed by atoms with Gasteiger partial charge in [0.15, 0.2) is 18.1 Å². The van der Waals surface area contributed by atoms with Crippen molar-refractivity contribution in [2.75, 3.05) is 32.8 Å². The van der Waals surface area contributed by atoms with Gasteiger partial charge in [-0.1, -0.05) is 24.3 Å². The number of hydrogen-bond donors (Lipinski definition) is 0. The lowest BCUT2D eigenvalue weighted by molar-refractivity contribution is -0.120. The van der Waals surface area contributed by atoms with Gasteiger partial charge in [-0.3, -0.25) is 9.69 Å². The Balaban J connectivity index is 1.90. The summed E-state index contributed by atoms with van der Waals surface area (Å²) in [5.74, 6) is 2.54. The Bertz CT molecular complexity index is 1020. The number of hydrogen-bond acceptors (Lipinski definition) is 6. The Hall–Kier alpha value is -3.74. The summed E-state index contributed by atoms with van der Waals surface area (Å²) in [4.78, 5) is 19.2. The average molecular weight is 437 g/mol. The number of para-hydroxylation sites is 1. The zero-order valence-corrected chi connectivity index (χ0v) is 19.0. The Morgan fingerprint density at radius 3 is 2.06 bits per heavy atom. The third kappa shape index (κ3) is 5.11. The Kier molecular flexibility index (Phi) is 7.54. The van der Waals surface area contributed by atoms with Crippen LogP contribution in [0.1, 0.15) is 16.7 Å². The van der Waals surface area contributed by atoms with Gasteiger partial charge in [0.2, 0.25) is 5.75 Å². The summed E-state index contributed by atoms with van der Waals surface area (Å²) in [7, 11) is 4.66. The van der Waals surface area contributed by atoms with E-state index in [0.717, 1.165) is 22.4 Å². The van der Waals surface area contributed by atoms with Crippen LogP contribution >= 0.6 is 0 Å². The van der Waals surface area contributed by atoms with Crippen molar-refractivity contribution >= 4 is 11.7 Å². The second kappa shape index (κ2) is 10.5. The van der Waals surface area contributed by atoms with Crippen LogP contribution < -0.4 is 23.8 Å². The van der Waals surface area contributed by atoms with Crippen LogP contribution in [0.2, 0.25) is 0 Å². The van der Waals surface area contributed by atoms with Crippen molar-refractivity contribution in [3.8, 4) is 23.0 Å². The maximum absolute atomic E-state index is 13.2. The summed E-state index contributed by atoms with van der Waals surface area (Å²) < 4.78 is 22.2. The molecule has 0 aliphatic rings. The number of rotatable bonds is 9. The fourth-order valence-corrected chi connectivity index (χ4v) is 3.46. The minimum Gasteiger partial charge on any atom is -0.493 e. The van der Waals surface area contributed by atoms with Crippen molar-refractivity contribution in [1.29, 1.82) is 0 Å². The molecule has 168 valence electrons. The summed E-state index contributed by atoms with van der Waals surface area (Å²) in [6, 6.07) is 14.9. The van der Waals surface area contributed by atoms with Crippen LogP contribution in [0.4, 0.5) is 5.82 Å². The Morgan fingerprint density at radius 2 is 1.53 bits per heavy atom. The highest BCUT2D eigenvalue weighted by atomic mass is 16.5. The number of methoxy groups -OCH3 is 3. The quantitative estimate of drug-likeness (QED) is 0.497. The first kappa shape index (κ1) is 22.9. The average Bonchev–Trinajstić information content (AvgIpc) is 2.81. The summed E-state index contributed by atoms with van der Waals surface area (Å²) in [5.41, 5.74) is 2.75. The molecule has 0 fully saturated rings. The van der Waals surface area contributed by atoms with E-state index in [9.17, 15) is 4.79 Å². The lowest BCUT2D eigenvalue weighted by atomic mass is 10.1. The molecule has 2 aromatic carbocycles. The number of pyridine rings is 1. The highest BCUT2D eigenvalue weighted by Crippen LogP contribution is 2.38. The van der Waals surface area contributed by atoms with Gasteiger partial charge < -0.3 is 18.9 Å². The lowest BCUT2D eigenvalue weighted by Gasteiger charge is -2.23. The molecular weight excluding hydrogens is 408 g/mol. The number of aryl methyl sites for hydroxylation is 2. The molecule has 32 heavy (non-hydrogen) atoms. The predicted octanol–water partition coefficient (Wildman–Crippen LogP) is 4.34. The number of benzene rings is 2. The molecule has 1 aromatic heterocycles. The first-order chi connectivity index (χ1) is 15.5. The smallest absolute Gasteiger partial charge is 0.266 e. The zero-order valence-electron chi connectivity index (χ0n) is 19.0. The number of nitrogens with zero attached hydrogens (tertiary/aromatic N) is 2. The molecule has 0 aliphatic carbocycles. The van der Waals surface area contributed by atoms with Gasteiger partial charge in [-0.2, -0.15) is 0 Å². The molecule has 7 nitrogen and oxygen atoms in total. The van der Waals surface area contributed by atoms with Gasteiger partial charge in [0, 0.05) is 6.20 Å². The number of carbonyl (C=O) groups excluding carboxylic acids is 1. The first-order valence-corrected chi connectivity index (χ1v) is 10.2. The van der Waals surface area contributed by atoms with Crippen LogP contribution in [0.5, 0.6) is 23.0 Å². The number of carbonyl (C=O) groups is 1. The van der Waals surface area contributed by atoms with Crippen molar-refractivity contribution in [2.45, 2.75) is 20.4 Å². The van der Waals surface area contributed by atoms with Crippen molar-refractivity contribution in [2.24, 2.45) is 0 Å². The fraction of sp³-hybridized carbons (Fsp3) is 0.280. The minimum absolute atomic E-state index is 0.118. The van der Waals surface area contributed by atoms with Crippen molar-refractivity contribution < 1.29 is 23.7 Å². The third-order valence-corrected chi connectivity index (χ3v) is 5.04. The Morgan fingerprint density at radius 1 is 0.875 bits per heavy atom. The van der Waals surface area contributed by atoms with E-state index in [0.29, 0.717) is 23.1 Å². The molecule has 0 atom stereocenters. The van der Waals surface area contributed by atoms with E-state index in [4.69, 9.17) is 18.9 Å². The topological polar surface area (TPSA) is 70.1 Å². The molecule has 3 rings (SSSR count). The molecule has 1 heterocycles. The van der Waals surface area contributed by atoms with E-state index >= 15 is 0 Å². The van der Waals surface area contributed by atoms with E-state index in [1.54, 1.807) is 44.6 Å². The van der Waals surface area contributed by atoms with E-state index in [-0.39, 0.29) is 19.1 Å².